The molecular weight excluding hydrogens is 564 g/mol. The van der Waals surface area contributed by atoms with E-state index < -0.39 is 16.8 Å². The number of aryl methyl sites for hydroxylation is 1. The van der Waals surface area contributed by atoms with Crippen LogP contribution in [0.1, 0.15) is 44.3 Å². The van der Waals surface area contributed by atoms with Gasteiger partial charge in [0, 0.05) is 35.0 Å². The van der Waals surface area contributed by atoms with E-state index >= 15 is 0 Å². The Morgan fingerprint density at radius 2 is 1.64 bits per heavy atom. The van der Waals surface area contributed by atoms with Gasteiger partial charge in [-0.1, -0.05) is 35.9 Å². The molecule has 2 amide bonds. The normalized spacial score (nSPS) is 10.9. The Morgan fingerprint density at radius 3 is 2.39 bits per heavy atom. The summed E-state index contributed by atoms with van der Waals surface area (Å²) in [6, 6.07) is 24.2. The molecule has 44 heavy (non-hydrogen) atoms. The van der Waals surface area contributed by atoms with Gasteiger partial charge in [0.1, 0.15) is 0 Å². The zero-order chi connectivity index (χ0) is 31.5. The number of anilines is 1. The molecular formula is C33H28N4O7. The Labute approximate surface area is 253 Å². The molecule has 0 atom stereocenters. The summed E-state index contributed by atoms with van der Waals surface area (Å²) in [5.74, 6) is -1.05. The van der Waals surface area contributed by atoms with Crippen LogP contribution in [0.4, 0.5) is 11.4 Å². The second-order valence-corrected chi connectivity index (χ2v) is 9.35. The number of amides is 2. The van der Waals surface area contributed by atoms with Crippen molar-refractivity contribution >= 4 is 41.4 Å². The van der Waals surface area contributed by atoms with Gasteiger partial charge in [-0.25, -0.2) is 10.2 Å². The summed E-state index contributed by atoms with van der Waals surface area (Å²) in [5, 5.41) is 17.7. The average Bonchev–Trinajstić information content (AvgIpc) is 3.02. The molecule has 4 rings (SSSR count). The zero-order valence-electron chi connectivity index (χ0n) is 23.9. The number of nitro benzene ring substituents is 1. The Kier molecular flexibility index (Phi) is 10.3. The van der Waals surface area contributed by atoms with Crippen LogP contribution in [0.15, 0.2) is 102 Å². The summed E-state index contributed by atoms with van der Waals surface area (Å²) in [5.41, 5.74) is 5.66. The number of benzene rings is 4. The van der Waals surface area contributed by atoms with Crippen LogP contribution in [-0.2, 0) is 4.79 Å². The summed E-state index contributed by atoms with van der Waals surface area (Å²) in [6.45, 7) is 4.00. The third-order valence-electron chi connectivity index (χ3n) is 6.05. The molecule has 11 nitrogen and oxygen atoms in total. The lowest BCUT2D eigenvalue weighted by Gasteiger charge is -2.10. The number of hydrogen-bond donors (Lipinski definition) is 2. The largest absolute Gasteiger partial charge is 0.490 e. The van der Waals surface area contributed by atoms with Crippen LogP contribution in [0, 0.1) is 17.0 Å². The van der Waals surface area contributed by atoms with Crippen LogP contribution >= 0.6 is 0 Å². The highest BCUT2D eigenvalue weighted by atomic mass is 16.6. The molecule has 0 spiro atoms. The van der Waals surface area contributed by atoms with Gasteiger partial charge in [-0.3, -0.25) is 19.7 Å². The number of non-ortho nitro benzene ring substituents is 1. The Hall–Kier alpha value is -6.10. The third-order valence-corrected chi connectivity index (χ3v) is 6.05. The SMILES string of the molecule is CCOc1cc(C=NNC(=O)c2cccc(NC(=O)c3ccc(C)cc3)c2)ccc1OC(=O)/C=C/c1cccc([N+](=O)[O-])c1. The number of rotatable bonds is 11. The van der Waals surface area contributed by atoms with E-state index in [-0.39, 0.29) is 23.1 Å². The van der Waals surface area contributed by atoms with E-state index in [9.17, 15) is 24.5 Å². The predicted octanol–water partition coefficient (Wildman–Crippen LogP) is 5.94. The minimum absolute atomic E-state index is 0.0940. The van der Waals surface area contributed by atoms with Crippen molar-refractivity contribution in [2.75, 3.05) is 11.9 Å². The van der Waals surface area contributed by atoms with Crippen molar-refractivity contribution in [3.05, 3.63) is 135 Å². The standard InChI is InChI=1S/C33H28N4O7/c1-3-43-30-19-24(12-16-29(30)44-31(38)17-13-23-6-4-9-28(18-23)37(41)42)21-34-36-33(40)26-7-5-8-27(20-26)35-32(39)25-14-10-22(2)11-15-25/h4-21H,3H2,1-2H3,(H,35,39)(H,36,40)/b17-13+,34-21?. The molecule has 4 aromatic rings. The number of carbonyl (C=O) groups excluding carboxylic acids is 3. The quantitative estimate of drug-likeness (QED) is 0.0547. The van der Waals surface area contributed by atoms with Gasteiger partial charge in [0.05, 0.1) is 17.7 Å². The maximum Gasteiger partial charge on any atom is 0.336 e. The number of nitro groups is 1. The van der Waals surface area contributed by atoms with E-state index in [1.165, 1.54) is 36.6 Å². The highest BCUT2D eigenvalue weighted by Gasteiger charge is 2.12. The highest BCUT2D eigenvalue weighted by Crippen LogP contribution is 2.28. The molecule has 0 aromatic heterocycles. The summed E-state index contributed by atoms with van der Waals surface area (Å²) in [4.78, 5) is 48.0. The zero-order valence-corrected chi connectivity index (χ0v) is 23.9. The molecule has 0 saturated heterocycles. The first-order valence-corrected chi connectivity index (χ1v) is 13.4. The topological polar surface area (TPSA) is 149 Å². The Balaban J connectivity index is 1.37. The first-order valence-electron chi connectivity index (χ1n) is 13.4. The molecule has 0 fully saturated rings. The van der Waals surface area contributed by atoms with Crippen molar-refractivity contribution in [3.63, 3.8) is 0 Å². The number of carbonyl (C=O) groups is 3. The van der Waals surface area contributed by atoms with E-state index in [1.54, 1.807) is 61.5 Å². The van der Waals surface area contributed by atoms with Gasteiger partial charge in [0.15, 0.2) is 11.5 Å². The van der Waals surface area contributed by atoms with Crippen LogP contribution in [-0.4, -0.2) is 35.5 Å². The van der Waals surface area contributed by atoms with Gasteiger partial charge < -0.3 is 14.8 Å². The molecule has 0 radical (unpaired) electrons. The van der Waals surface area contributed by atoms with Crippen LogP contribution in [0.5, 0.6) is 11.5 Å². The molecule has 0 aliphatic rings. The molecule has 0 heterocycles. The van der Waals surface area contributed by atoms with E-state index in [4.69, 9.17) is 9.47 Å². The number of nitrogens with one attached hydrogen (secondary N) is 2. The summed E-state index contributed by atoms with van der Waals surface area (Å²) in [7, 11) is 0. The molecule has 0 bridgehead atoms. The third kappa shape index (κ3) is 8.70. The lowest BCUT2D eigenvalue weighted by Crippen LogP contribution is -2.18. The second-order valence-electron chi connectivity index (χ2n) is 9.35. The number of hydrazone groups is 1. The van der Waals surface area contributed by atoms with Crippen molar-refractivity contribution in [1.82, 2.24) is 5.43 Å². The number of hydrogen-bond acceptors (Lipinski definition) is 8. The fourth-order valence-electron chi connectivity index (χ4n) is 3.88. The smallest absolute Gasteiger partial charge is 0.336 e. The molecule has 222 valence electrons. The number of nitrogens with zero attached hydrogens (tertiary/aromatic N) is 2. The van der Waals surface area contributed by atoms with E-state index in [0.717, 1.165) is 11.6 Å². The maximum atomic E-state index is 12.7. The molecule has 11 heteroatoms. The van der Waals surface area contributed by atoms with Crippen molar-refractivity contribution in [2.24, 2.45) is 5.10 Å². The van der Waals surface area contributed by atoms with Crippen LogP contribution in [0.25, 0.3) is 6.08 Å². The number of ether oxygens (including phenoxy) is 2. The maximum absolute atomic E-state index is 12.7. The van der Waals surface area contributed by atoms with E-state index in [1.807, 2.05) is 19.1 Å². The molecule has 2 N–H and O–H groups in total. The Bertz CT molecular complexity index is 1750. The van der Waals surface area contributed by atoms with Crippen molar-refractivity contribution in [3.8, 4) is 11.5 Å². The molecule has 0 saturated carbocycles. The van der Waals surface area contributed by atoms with Crippen molar-refractivity contribution in [2.45, 2.75) is 13.8 Å². The Morgan fingerprint density at radius 1 is 0.864 bits per heavy atom. The summed E-state index contributed by atoms with van der Waals surface area (Å²) >= 11 is 0. The lowest BCUT2D eigenvalue weighted by atomic mass is 10.1. The van der Waals surface area contributed by atoms with Crippen LogP contribution in [0.3, 0.4) is 0 Å². The van der Waals surface area contributed by atoms with Crippen LogP contribution in [0.2, 0.25) is 0 Å². The second kappa shape index (κ2) is 14.7. The summed E-state index contributed by atoms with van der Waals surface area (Å²) in [6.07, 6.45) is 3.97. The molecule has 0 aliphatic carbocycles. The number of esters is 1. The van der Waals surface area contributed by atoms with Crippen molar-refractivity contribution in [1.29, 1.82) is 0 Å². The van der Waals surface area contributed by atoms with Gasteiger partial charge in [-0.05, 0) is 79.6 Å². The van der Waals surface area contributed by atoms with Gasteiger partial charge in [0.2, 0.25) is 0 Å². The van der Waals surface area contributed by atoms with Gasteiger partial charge >= 0.3 is 5.97 Å². The molecule has 0 aliphatic heterocycles. The monoisotopic (exact) mass is 592 g/mol. The average molecular weight is 593 g/mol. The first kappa shape index (κ1) is 30.8. The lowest BCUT2D eigenvalue weighted by molar-refractivity contribution is -0.384. The fourth-order valence-corrected chi connectivity index (χ4v) is 3.88. The van der Waals surface area contributed by atoms with E-state index in [0.29, 0.717) is 34.5 Å². The van der Waals surface area contributed by atoms with Crippen molar-refractivity contribution < 1.29 is 28.8 Å². The predicted molar refractivity (Wildman–Crippen MR) is 166 cm³/mol. The molecule has 4 aromatic carbocycles. The molecule has 0 unspecified atom stereocenters. The minimum atomic E-state index is -0.705. The summed E-state index contributed by atoms with van der Waals surface area (Å²) < 4.78 is 11.0. The highest BCUT2D eigenvalue weighted by molar-refractivity contribution is 6.05. The fraction of sp³-hybridized carbons (Fsp3) is 0.0909. The van der Waals surface area contributed by atoms with Gasteiger partial charge in [0.25, 0.3) is 17.5 Å². The van der Waals surface area contributed by atoms with Gasteiger partial charge in [-0.2, -0.15) is 5.10 Å². The van der Waals surface area contributed by atoms with E-state index in [2.05, 4.69) is 15.8 Å². The first-order chi connectivity index (χ1) is 21.2. The minimum Gasteiger partial charge on any atom is -0.490 e. The van der Waals surface area contributed by atoms with Crippen LogP contribution < -0.4 is 20.2 Å². The van der Waals surface area contributed by atoms with Gasteiger partial charge in [-0.15, -0.1) is 0 Å².